The van der Waals surface area contributed by atoms with Crippen LogP contribution in [0.15, 0.2) is 11.8 Å². The molecule has 0 spiro atoms. The molecule has 0 heterocycles. The second-order valence-corrected chi connectivity index (χ2v) is 4.85. The number of esters is 1. The number of allylic oxidation sites excluding steroid dienone is 2. The molecule has 0 N–H and O–H groups in total. The predicted octanol–water partition coefficient (Wildman–Crippen LogP) is 1.32. The zero-order valence-corrected chi connectivity index (χ0v) is 9.47. The summed E-state index contributed by atoms with van der Waals surface area (Å²) in [6.45, 7) is 0. The summed E-state index contributed by atoms with van der Waals surface area (Å²) in [5.74, 6) is -1.71. The zero-order valence-electron chi connectivity index (χ0n) is 8.65. The largest absolute Gasteiger partial charge is 0.534 e. The van der Waals surface area contributed by atoms with E-state index in [9.17, 15) is 26.4 Å². The quantitative estimate of drug-likeness (QED) is 0.441. The highest BCUT2D eigenvalue weighted by atomic mass is 32.2. The molecule has 0 aliphatic heterocycles. The van der Waals surface area contributed by atoms with Crippen LogP contribution in [0.4, 0.5) is 13.2 Å². The Morgan fingerprint density at radius 1 is 1.47 bits per heavy atom. The molecule has 1 unspecified atom stereocenters. The Morgan fingerprint density at radius 3 is 2.53 bits per heavy atom. The Hall–Kier alpha value is -1.25. The summed E-state index contributed by atoms with van der Waals surface area (Å²) in [6, 6.07) is 0. The molecule has 0 saturated heterocycles. The number of rotatable bonds is 3. The van der Waals surface area contributed by atoms with Crippen LogP contribution in [0.25, 0.3) is 0 Å². The maximum atomic E-state index is 12.0. The molecule has 17 heavy (non-hydrogen) atoms. The number of ether oxygens (including phenoxy) is 1. The lowest BCUT2D eigenvalue weighted by atomic mass is 10.1. The van der Waals surface area contributed by atoms with Crippen LogP contribution in [0.1, 0.15) is 12.8 Å². The van der Waals surface area contributed by atoms with Crippen molar-refractivity contribution >= 4 is 16.1 Å². The topological polar surface area (TPSA) is 69.7 Å². The van der Waals surface area contributed by atoms with Gasteiger partial charge in [-0.25, -0.2) is 0 Å². The van der Waals surface area contributed by atoms with Gasteiger partial charge in [0.05, 0.1) is 13.0 Å². The number of halogens is 3. The van der Waals surface area contributed by atoms with Crippen LogP contribution >= 0.6 is 0 Å². The van der Waals surface area contributed by atoms with E-state index in [1.165, 1.54) is 0 Å². The summed E-state index contributed by atoms with van der Waals surface area (Å²) in [4.78, 5) is 11.0. The fraction of sp³-hybridized carbons (Fsp3) is 0.625. The standard InChI is InChI=1S/C8H9F3O5S/c1-15-7(12)5-2-3-6(4-5)16-17(13,14)8(9,10)11/h3,5H,2,4H2,1H3. The summed E-state index contributed by atoms with van der Waals surface area (Å²) in [7, 11) is -4.52. The highest BCUT2D eigenvalue weighted by Gasteiger charge is 2.49. The zero-order chi connectivity index (χ0) is 13.3. The minimum absolute atomic E-state index is 0.0926. The van der Waals surface area contributed by atoms with Crippen molar-refractivity contribution in [2.24, 2.45) is 5.92 Å². The van der Waals surface area contributed by atoms with E-state index in [2.05, 4.69) is 8.92 Å². The van der Waals surface area contributed by atoms with Gasteiger partial charge in [-0.3, -0.25) is 4.79 Å². The van der Waals surface area contributed by atoms with Crippen LogP contribution in [-0.2, 0) is 23.8 Å². The highest BCUT2D eigenvalue weighted by Crippen LogP contribution is 2.32. The molecule has 1 aliphatic carbocycles. The van der Waals surface area contributed by atoms with Gasteiger partial charge in [0.25, 0.3) is 0 Å². The van der Waals surface area contributed by atoms with Gasteiger partial charge in [0.2, 0.25) is 0 Å². The lowest BCUT2D eigenvalue weighted by molar-refractivity contribution is -0.145. The van der Waals surface area contributed by atoms with Gasteiger partial charge in [0.15, 0.2) is 0 Å². The minimum atomic E-state index is -5.66. The molecule has 0 radical (unpaired) electrons. The first-order valence-electron chi connectivity index (χ1n) is 4.45. The van der Waals surface area contributed by atoms with E-state index in [4.69, 9.17) is 0 Å². The number of hydrogen-bond acceptors (Lipinski definition) is 5. The maximum absolute atomic E-state index is 12.0. The van der Waals surface area contributed by atoms with Gasteiger partial charge in [-0.2, -0.15) is 21.6 Å². The summed E-state index contributed by atoms with van der Waals surface area (Å²) in [5.41, 5.74) is -5.48. The predicted molar refractivity (Wildman–Crippen MR) is 48.9 cm³/mol. The van der Waals surface area contributed by atoms with Gasteiger partial charge in [-0.1, -0.05) is 0 Å². The number of alkyl halides is 3. The molecule has 5 nitrogen and oxygen atoms in total. The van der Waals surface area contributed by atoms with E-state index in [-0.39, 0.29) is 12.8 Å². The van der Waals surface area contributed by atoms with Crippen LogP contribution < -0.4 is 0 Å². The van der Waals surface area contributed by atoms with E-state index in [0.29, 0.717) is 0 Å². The molecular formula is C8H9F3O5S. The molecule has 1 aliphatic rings. The van der Waals surface area contributed by atoms with Gasteiger partial charge >= 0.3 is 21.6 Å². The average Bonchev–Trinajstić information content (AvgIpc) is 2.62. The van der Waals surface area contributed by atoms with Crippen molar-refractivity contribution in [3.63, 3.8) is 0 Å². The van der Waals surface area contributed by atoms with Crippen molar-refractivity contribution in [1.29, 1.82) is 0 Å². The van der Waals surface area contributed by atoms with Gasteiger partial charge in [-0.15, -0.1) is 0 Å². The van der Waals surface area contributed by atoms with E-state index in [1.807, 2.05) is 0 Å². The first kappa shape index (κ1) is 13.8. The first-order chi connectivity index (χ1) is 7.67. The Labute approximate surface area is 95.3 Å². The van der Waals surface area contributed by atoms with Crippen LogP contribution in [-0.4, -0.2) is 27.0 Å². The Bertz CT molecular complexity index is 437. The van der Waals surface area contributed by atoms with Crippen molar-refractivity contribution in [1.82, 2.24) is 0 Å². The Kier molecular flexibility index (Phi) is 3.70. The van der Waals surface area contributed by atoms with E-state index >= 15 is 0 Å². The molecule has 0 aromatic carbocycles. The summed E-state index contributed by atoms with van der Waals surface area (Å²) in [5, 5.41) is 0. The summed E-state index contributed by atoms with van der Waals surface area (Å²) >= 11 is 0. The molecule has 0 fully saturated rings. The number of carbonyl (C=O) groups is 1. The van der Waals surface area contributed by atoms with Crippen molar-refractivity contribution in [2.45, 2.75) is 18.3 Å². The van der Waals surface area contributed by atoms with Crippen LogP contribution in [0.3, 0.4) is 0 Å². The average molecular weight is 274 g/mol. The normalized spacial score (nSPS) is 20.9. The third-order valence-corrected chi connectivity index (χ3v) is 3.11. The lowest BCUT2D eigenvalue weighted by Gasteiger charge is -2.11. The number of hydrogen-bond donors (Lipinski definition) is 0. The number of carbonyl (C=O) groups excluding carboxylic acids is 1. The molecular weight excluding hydrogens is 265 g/mol. The van der Waals surface area contributed by atoms with Crippen LogP contribution in [0, 0.1) is 5.92 Å². The van der Waals surface area contributed by atoms with Crippen LogP contribution in [0.2, 0.25) is 0 Å². The summed E-state index contributed by atoms with van der Waals surface area (Å²) < 4.78 is 65.5. The maximum Gasteiger partial charge on any atom is 0.534 e. The van der Waals surface area contributed by atoms with Crippen molar-refractivity contribution < 1.29 is 35.3 Å². The van der Waals surface area contributed by atoms with E-state index < -0.39 is 33.3 Å². The third-order valence-electron chi connectivity index (χ3n) is 2.11. The van der Waals surface area contributed by atoms with E-state index in [1.54, 1.807) is 0 Å². The minimum Gasteiger partial charge on any atom is -0.469 e. The smallest absolute Gasteiger partial charge is 0.469 e. The highest BCUT2D eigenvalue weighted by molar-refractivity contribution is 7.87. The van der Waals surface area contributed by atoms with Crippen molar-refractivity contribution in [3.8, 4) is 0 Å². The first-order valence-corrected chi connectivity index (χ1v) is 5.86. The Morgan fingerprint density at radius 2 is 2.06 bits per heavy atom. The third kappa shape index (κ3) is 3.11. The molecule has 1 atom stereocenters. The SMILES string of the molecule is COC(=O)C1CC=C(OS(=O)(=O)C(F)(F)F)C1. The fourth-order valence-corrected chi connectivity index (χ4v) is 1.80. The van der Waals surface area contributed by atoms with Crippen LogP contribution in [0.5, 0.6) is 0 Å². The Balaban J connectivity index is 2.66. The number of methoxy groups -OCH3 is 1. The molecule has 0 aromatic heterocycles. The molecule has 0 bridgehead atoms. The second kappa shape index (κ2) is 4.55. The molecule has 98 valence electrons. The lowest BCUT2D eigenvalue weighted by Crippen LogP contribution is -2.25. The summed E-state index contributed by atoms with van der Waals surface area (Å²) in [6.07, 6.45) is 1.00. The van der Waals surface area contributed by atoms with Gasteiger partial charge < -0.3 is 8.92 Å². The van der Waals surface area contributed by atoms with E-state index in [0.717, 1.165) is 13.2 Å². The van der Waals surface area contributed by atoms with Gasteiger partial charge in [-0.05, 0) is 12.5 Å². The molecule has 0 amide bonds. The van der Waals surface area contributed by atoms with Crippen molar-refractivity contribution in [2.75, 3.05) is 7.11 Å². The molecule has 0 aromatic rings. The van der Waals surface area contributed by atoms with Gasteiger partial charge in [0, 0.05) is 6.42 Å². The van der Waals surface area contributed by atoms with Crippen molar-refractivity contribution in [3.05, 3.63) is 11.8 Å². The molecule has 0 saturated carbocycles. The fourth-order valence-electron chi connectivity index (χ4n) is 1.29. The van der Waals surface area contributed by atoms with Gasteiger partial charge in [0.1, 0.15) is 5.76 Å². The second-order valence-electron chi connectivity index (χ2n) is 3.31. The molecule has 1 rings (SSSR count). The monoisotopic (exact) mass is 274 g/mol. The molecule has 9 heteroatoms.